The molecule has 0 aromatic heterocycles. The van der Waals surface area contributed by atoms with Gasteiger partial charge in [-0.25, -0.2) is 0 Å². The highest BCUT2D eigenvalue weighted by Gasteiger charge is 2.04. The smallest absolute Gasteiger partial charge is 0.0584 e. The van der Waals surface area contributed by atoms with Crippen molar-refractivity contribution in [2.24, 2.45) is 11.7 Å². The molecule has 2 nitrogen and oxygen atoms in total. The van der Waals surface area contributed by atoms with Crippen molar-refractivity contribution in [1.82, 2.24) is 0 Å². The monoisotopic (exact) mass is 187 g/mol. The zero-order valence-corrected chi connectivity index (χ0v) is 9.38. The van der Waals surface area contributed by atoms with Crippen molar-refractivity contribution in [2.45, 2.75) is 52.6 Å². The highest BCUT2D eigenvalue weighted by atomic mass is 16.5. The largest absolute Gasteiger partial charge is 0.378 e. The maximum absolute atomic E-state index is 5.70. The van der Waals surface area contributed by atoms with Crippen LogP contribution in [-0.4, -0.2) is 19.3 Å². The van der Waals surface area contributed by atoms with E-state index in [1.807, 2.05) is 0 Å². The molecule has 0 fully saturated rings. The minimum absolute atomic E-state index is 0.386. The van der Waals surface area contributed by atoms with E-state index in [2.05, 4.69) is 20.8 Å². The van der Waals surface area contributed by atoms with Crippen molar-refractivity contribution in [1.29, 1.82) is 0 Å². The van der Waals surface area contributed by atoms with Crippen molar-refractivity contribution >= 4 is 0 Å². The van der Waals surface area contributed by atoms with Gasteiger partial charge in [-0.15, -0.1) is 0 Å². The van der Waals surface area contributed by atoms with Crippen LogP contribution < -0.4 is 5.73 Å². The summed E-state index contributed by atoms with van der Waals surface area (Å²) in [4.78, 5) is 0. The number of ether oxygens (including phenoxy) is 1. The summed E-state index contributed by atoms with van der Waals surface area (Å²) in [7, 11) is 0. The van der Waals surface area contributed by atoms with Gasteiger partial charge in [0.05, 0.1) is 6.10 Å². The second-order valence-electron chi connectivity index (χ2n) is 4.01. The van der Waals surface area contributed by atoms with Crippen LogP contribution in [0.4, 0.5) is 0 Å². The van der Waals surface area contributed by atoms with Crippen LogP contribution in [0.15, 0.2) is 0 Å². The van der Waals surface area contributed by atoms with Gasteiger partial charge >= 0.3 is 0 Å². The Morgan fingerprint density at radius 2 is 1.92 bits per heavy atom. The lowest BCUT2D eigenvalue weighted by molar-refractivity contribution is 0.0430. The van der Waals surface area contributed by atoms with Gasteiger partial charge in [0, 0.05) is 6.61 Å². The van der Waals surface area contributed by atoms with Gasteiger partial charge in [-0.3, -0.25) is 0 Å². The van der Waals surface area contributed by atoms with Gasteiger partial charge in [0.15, 0.2) is 0 Å². The lowest BCUT2D eigenvalue weighted by atomic mass is 10.1. The van der Waals surface area contributed by atoms with Crippen molar-refractivity contribution in [3.63, 3.8) is 0 Å². The van der Waals surface area contributed by atoms with Crippen LogP contribution in [0, 0.1) is 5.92 Å². The van der Waals surface area contributed by atoms with Gasteiger partial charge in [-0.2, -0.15) is 0 Å². The van der Waals surface area contributed by atoms with Gasteiger partial charge in [0.25, 0.3) is 0 Å². The third-order valence-electron chi connectivity index (χ3n) is 2.22. The molecule has 0 saturated carbocycles. The lowest BCUT2D eigenvalue weighted by Crippen LogP contribution is -2.17. The Balaban J connectivity index is 3.27. The standard InChI is InChI=1S/C11H25NO/c1-4-11(7-8-12)13-9-5-6-10(2)3/h10-11H,4-9,12H2,1-3H3. The summed E-state index contributed by atoms with van der Waals surface area (Å²) in [6.07, 6.45) is 4.91. The minimum Gasteiger partial charge on any atom is -0.378 e. The summed E-state index contributed by atoms with van der Waals surface area (Å²) in [5.74, 6) is 0.790. The van der Waals surface area contributed by atoms with Gasteiger partial charge in [0.2, 0.25) is 0 Å². The van der Waals surface area contributed by atoms with Crippen LogP contribution in [-0.2, 0) is 4.74 Å². The molecule has 0 aliphatic rings. The van der Waals surface area contributed by atoms with E-state index in [4.69, 9.17) is 10.5 Å². The Morgan fingerprint density at radius 3 is 2.38 bits per heavy atom. The van der Waals surface area contributed by atoms with Crippen LogP contribution in [0.5, 0.6) is 0 Å². The molecule has 0 rings (SSSR count). The summed E-state index contributed by atoms with van der Waals surface area (Å²) >= 11 is 0. The summed E-state index contributed by atoms with van der Waals surface area (Å²) in [6, 6.07) is 0. The Labute approximate surface area is 82.8 Å². The second kappa shape index (κ2) is 8.52. The van der Waals surface area contributed by atoms with E-state index in [0.29, 0.717) is 6.10 Å². The molecule has 13 heavy (non-hydrogen) atoms. The maximum Gasteiger partial charge on any atom is 0.0584 e. The van der Waals surface area contributed by atoms with Crippen molar-refractivity contribution in [2.75, 3.05) is 13.2 Å². The molecule has 80 valence electrons. The molecule has 0 saturated heterocycles. The summed E-state index contributed by atoms with van der Waals surface area (Å²) in [6.45, 7) is 8.29. The van der Waals surface area contributed by atoms with E-state index >= 15 is 0 Å². The third kappa shape index (κ3) is 8.26. The SMILES string of the molecule is CCC(CCN)OCCCC(C)C. The minimum atomic E-state index is 0.386. The van der Waals surface area contributed by atoms with Crippen molar-refractivity contribution in [3.05, 3.63) is 0 Å². The highest BCUT2D eigenvalue weighted by molar-refractivity contribution is 4.56. The van der Waals surface area contributed by atoms with Gasteiger partial charge in [-0.1, -0.05) is 20.8 Å². The highest BCUT2D eigenvalue weighted by Crippen LogP contribution is 2.07. The number of nitrogens with two attached hydrogens (primary N) is 1. The van der Waals surface area contributed by atoms with Crippen LogP contribution in [0.2, 0.25) is 0 Å². The van der Waals surface area contributed by atoms with Crippen LogP contribution in [0.1, 0.15) is 46.5 Å². The van der Waals surface area contributed by atoms with Gasteiger partial charge in [-0.05, 0) is 38.1 Å². The van der Waals surface area contributed by atoms with Crippen LogP contribution in [0.3, 0.4) is 0 Å². The molecule has 2 N–H and O–H groups in total. The molecule has 1 atom stereocenters. The van der Waals surface area contributed by atoms with E-state index in [1.165, 1.54) is 12.8 Å². The summed E-state index contributed by atoms with van der Waals surface area (Å²) in [5, 5.41) is 0. The molecule has 0 heterocycles. The molecule has 2 heteroatoms. The predicted molar refractivity (Wildman–Crippen MR) is 57.8 cm³/mol. The number of rotatable bonds is 8. The Kier molecular flexibility index (Phi) is 8.46. The third-order valence-corrected chi connectivity index (χ3v) is 2.22. The summed E-state index contributed by atoms with van der Waals surface area (Å²) < 4.78 is 5.70. The normalized spacial score (nSPS) is 13.6. The fraction of sp³-hybridized carbons (Fsp3) is 1.00. The Morgan fingerprint density at radius 1 is 1.23 bits per heavy atom. The zero-order chi connectivity index (χ0) is 10.1. The second-order valence-corrected chi connectivity index (χ2v) is 4.01. The Hall–Kier alpha value is -0.0800. The average Bonchev–Trinajstić information content (AvgIpc) is 2.10. The lowest BCUT2D eigenvalue weighted by Gasteiger charge is -2.15. The summed E-state index contributed by atoms with van der Waals surface area (Å²) in [5.41, 5.74) is 5.48. The molecule has 1 unspecified atom stereocenters. The zero-order valence-electron chi connectivity index (χ0n) is 9.38. The first-order chi connectivity index (χ1) is 6.20. The predicted octanol–water partition coefficient (Wildman–Crippen LogP) is 2.57. The van der Waals surface area contributed by atoms with E-state index < -0.39 is 0 Å². The van der Waals surface area contributed by atoms with Crippen molar-refractivity contribution < 1.29 is 4.74 Å². The molecule has 0 amide bonds. The molecular formula is C11H25NO. The fourth-order valence-electron chi connectivity index (χ4n) is 1.33. The molecule has 0 bridgehead atoms. The molecule has 0 aliphatic carbocycles. The van der Waals surface area contributed by atoms with Gasteiger partial charge in [0.1, 0.15) is 0 Å². The molecular weight excluding hydrogens is 162 g/mol. The van der Waals surface area contributed by atoms with E-state index in [9.17, 15) is 0 Å². The molecule has 0 radical (unpaired) electrons. The quantitative estimate of drug-likeness (QED) is 0.593. The van der Waals surface area contributed by atoms with Gasteiger partial charge < -0.3 is 10.5 Å². The fourth-order valence-corrected chi connectivity index (χ4v) is 1.33. The average molecular weight is 187 g/mol. The molecule has 0 aliphatic heterocycles. The first-order valence-electron chi connectivity index (χ1n) is 5.52. The first-order valence-corrected chi connectivity index (χ1v) is 5.52. The topological polar surface area (TPSA) is 35.2 Å². The van der Waals surface area contributed by atoms with Crippen LogP contribution in [0.25, 0.3) is 0 Å². The molecule has 0 spiro atoms. The van der Waals surface area contributed by atoms with E-state index in [1.54, 1.807) is 0 Å². The maximum atomic E-state index is 5.70. The number of hydrogen-bond acceptors (Lipinski definition) is 2. The van der Waals surface area contributed by atoms with E-state index in [0.717, 1.165) is 31.9 Å². The Bertz CT molecular complexity index is 104. The van der Waals surface area contributed by atoms with E-state index in [-0.39, 0.29) is 0 Å². The molecule has 0 aromatic rings. The first kappa shape index (κ1) is 12.9. The molecule has 0 aromatic carbocycles. The van der Waals surface area contributed by atoms with Crippen LogP contribution >= 0.6 is 0 Å². The van der Waals surface area contributed by atoms with Crippen molar-refractivity contribution in [3.8, 4) is 0 Å². The number of hydrogen-bond donors (Lipinski definition) is 1.